The van der Waals surface area contributed by atoms with Crippen molar-refractivity contribution in [3.8, 4) is 0 Å². The summed E-state index contributed by atoms with van der Waals surface area (Å²) >= 11 is 0. The minimum Gasteiger partial charge on any atom is -0.457 e. The molecule has 0 fully saturated rings. The second-order valence-corrected chi connectivity index (χ2v) is 10.5. The third-order valence-electron chi connectivity index (χ3n) is 4.80. The molecule has 0 N–H and O–H groups in total. The summed E-state index contributed by atoms with van der Waals surface area (Å²) in [7, 11) is 0. The van der Waals surface area contributed by atoms with Crippen LogP contribution in [0.3, 0.4) is 0 Å². The van der Waals surface area contributed by atoms with E-state index in [1.807, 2.05) is 26.8 Å². The van der Waals surface area contributed by atoms with E-state index in [2.05, 4.69) is 108 Å². The number of hydroxylamine groups is 2. The van der Waals surface area contributed by atoms with E-state index in [4.69, 9.17) is 9.57 Å². The van der Waals surface area contributed by atoms with Gasteiger partial charge in [-0.05, 0) is 65.5 Å². The smallest absolute Gasteiger partial charge is 0.330 e. The van der Waals surface area contributed by atoms with E-state index in [9.17, 15) is 4.79 Å². The highest BCUT2D eigenvalue weighted by Crippen LogP contribution is 2.36. The fourth-order valence-electron chi connectivity index (χ4n) is 3.38. The molecule has 182 valence electrons. The van der Waals surface area contributed by atoms with Gasteiger partial charge >= 0.3 is 5.97 Å². The topological polar surface area (TPSA) is 38.8 Å². The van der Waals surface area contributed by atoms with Gasteiger partial charge in [0.25, 0.3) is 0 Å². The van der Waals surface area contributed by atoms with E-state index in [1.165, 1.54) is 11.1 Å². The molecule has 0 bridgehead atoms. The molecule has 0 radical (unpaired) electrons. The summed E-state index contributed by atoms with van der Waals surface area (Å²) < 4.78 is 4.83. The molecular weight excluding hydrogens is 410 g/mol. The summed E-state index contributed by atoms with van der Waals surface area (Å²) in [4.78, 5) is 17.0. The zero-order chi connectivity index (χ0) is 25.2. The second-order valence-electron chi connectivity index (χ2n) is 10.5. The van der Waals surface area contributed by atoms with Gasteiger partial charge in [-0.15, -0.1) is 0 Å². The summed E-state index contributed by atoms with van der Waals surface area (Å²) in [6.07, 6.45) is 1.17. The van der Waals surface area contributed by atoms with E-state index in [1.54, 1.807) is 0 Å². The molecule has 2 aromatic rings. The van der Waals surface area contributed by atoms with Gasteiger partial charge in [-0.2, -0.15) is 5.06 Å². The predicted octanol–water partition coefficient (Wildman–Crippen LogP) is 7.69. The molecule has 0 spiro atoms. The Labute approximate surface area is 201 Å². The number of carbonyl (C=O) groups is 1. The largest absolute Gasteiger partial charge is 0.457 e. The molecule has 0 aromatic heterocycles. The van der Waals surface area contributed by atoms with Crippen molar-refractivity contribution in [3.63, 3.8) is 0 Å². The third kappa shape index (κ3) is 10.4. The number of benzene rings is 2. The lowest BCUT2D eigenvalue weighted by Crippen LogP contribution is -2.46. The van der Waals surface area contributed by atoms with Gasteiger partial charge in [-0.1, -0.05) is 81.1 Å². The number of ether oxygens (including phenoxy) is 1. The molecule has 4 nitrogen and oxygen atoms in total. The first kappa shape index (κ1) is 28.6. The van der Waals surface area contributed by atoms with Gasteiger partial charge in [0.05, 0.1) is 6.04 Å². The molecule has 4 heteroatoms. The normalized spacial score (nSPS) is 13.7. The maximum Gasteiger partial charge on any atom is 0.330 e. The van der Waals surface area contributed by atoms with Gasteiger partial charge < -0.3 is 4.74 Å². The predicted molar refractivity (Wildman–Crippen MR) is 138 cm³/mol. The summed E-state index contributed by atoms with van der Waals surface area (Å²) in [5.74, 6) is 0.0668. The van der Waals surface area contributed by atoms with Crippen LogP contribution in [0, 0.1) is 5.92 Å². The van der Waals surface area contributed by atoms with Crippen LogP contribution in [0.4, 0.5) is 0 Å². The average Bonchev–Trinajstić information content (AvgIpc) is 2.73. The maximum atomic E-state index is 10.5. The van der Waals surface area contributed by atoms with Crippen LogP contribution in [0.2, 0.25) is 0 Å². The Balaban J connectivity index is 0.000000513. The standard InChI is InChI=1S/C22H31NO.C7H12O2/c1-17(2)21(20-15-11-8-12-16-20)23(22(4,5)6)24-18(3)19-13-9-7-10-14-19;1-5-6(8)9-7(2,3)4/h7-18,21H,1-6H3;5H,1H2,2-4H3. The minimum absolute atomic E-state index is 0.00962. The van der Waals surface area contributed by atoms with Crippen LogP contribution in [0.1, 0.15) is 85.6 Å². The first-order chi connectivity index (χ1) is 15.3. The Hall–Kier alpha value is -2.43. The molecule has 2 aromatic carbocycles. The van der Waals surface area contributed by atoms with Crippen molar-refractivity contribution in [1.82, 2.24) is 5.06 Å². The Bertz CT molecular complexity index is 833. The molecule has 0 saturated carbocycles. The van der Waals surface area contributed by atoms with Crippen LogP contribution >= 0.6 is 0 Å². The van der Waals surface area contributed by atoms with Gasteiger partial charge in [0, 0.05) is 11.6 Å². The first-order valence-electron chi connectivity index (χ1n) is 11.7. The van der Waals surface area contributed by atoms with Crippen LogP contribution in [0.15, 0.2) is 73.3 Å². The van der Waals surface area contributed by atoms with Crippen molar-refractivity contribution in [2.75, 3.05) is 0 Å². The van der Waals surface area contributed by atoms with E-state index in [0.717, 1.165) is 6.08 Å². The summed E-state index contributed by atoms with van der Waals surface area (Å²) in [5, 5.41) is 2.19. The van der Waals surface area contributed by atoms with Gasteiger partial charge in [-0.25, -0.2) is 4.79 Å². The lowest BCUT2D eigenvalue weighted by Gasteiger charge is -2.43. The Kier molecular flexibility index (Phi) is 11.0. The van der Waals surface area contributed by atoms with Crippen molar-refractivity contribution in [3.05, 3.63) is 84.4 Å². The van der Waals surface area contributed by atoms with Crippen LogP contribution < -0.4 is 0 Å². The number of carbonyl (C=O) groups excluding carboxylic acids is 1. The Morgan fingerprint density at radius 3 is 1.64 bits per heavy atom. The quantitative estimate of drug-likeness (QED) is 0.245. The Morgan fingerprint density at radius 2 is 1.30 bits per heavy atom. The average molecular weight is 454 g/mol. The number of hydrogen-bond donors (Lipinski definition) is 0. The van der Waals surface area contributed by atoms with Crippen molar-refractivity contribution >= 4 is 5.97 Å². The summed E-state index contributed by atoms with van der Waals surface area (Å²) in [6.45, 7) is 22.0. The highest BCUT2D eigenvalue weighted by atomic mass is 16.7. The lowest BCUT2D eigenvalue weighted by atomic mass is 9.92. The Morgan fingerprint density at radius 1 is 0.848 bits per heavy atom. The molecule has 0 saturated heterocycles. The molecule has 2 rings (SSSR count). The SMILES string of the molecule is C=CC(=O)OC(C)(C)C.CC(ON(C(c1ccccc1)C(C)C)C(C)(C)C)c1ccccc1. The maximum absolute atomic E-state index is 10.5. The van der Waals surface area contributed by atoms with E-state index >= 15 is 0 Å². The van der Waals surface area contributed by atoms with Crippen molar-refractivity contribution in [2.24, 2.45) is 5.92 Å². The van der Waals surface area contributed by atoms with Crippen molar-refractivity contribution < 1.29 is 14.4 Å². The molecule has 0 amide bonds. The zero-order valence-electron chi connectivity index (χ0n) is 22.0. The fourth-order valence-corrected chi connectivity index (χ4v) is 3.38. The van der Waals surface area contributed by atoms with Gasteiger partial charge in [-0.3, -0.25) is 4.84 Å². The van der Waals surface area contributed by atoms with E-state index in [-0.39, 0.29) is 23.7 Å². The zero-order valence-corrected chi connectivity index (χ0v) is 22.0. The minimum atomic E-state index is -0.398. The number of hydrogen-bond acceptors (Lipinski definition) is 4. The van der Waals surface area contributed by atoms with E-state index < -0.39 is 5.60 Å². The highest BCUT2D eigenvalue weighted by Gasteiger charge is 2.34. The number of nitrogens with zero attached hydrogens (tertiary/aromatic N) is 1. The van der Waals surface area contributed by atoms with Crippen LogP contribution in [0.5, 0.6) is 0 Å². The number of esters is 1. The molecule has 2 unspecified atom stereocenters. The summed E-state index contributed by atoms with van der Waals surface area (Å²) in [6, 6.07) is 21.3. The van der Waals surface area contributed by atoms with E-state index in [0.29, 0.717) is 5.92 Å². The molecule has 0 aliphatic rings. The van der Waals surface area contributed by atoms with Gasteiger partial charge in [0.2, 0.25) is 0 Å². The lowest BCUT2D eigenvalue weighted by molar-refractivity contribution is -0.272. The molecular formula is C29H43NO3. The molecule has 2 atom stereocenters. The number of rotatable bonds is 7. The van der Waals surface area contributed by atoms with Crippen molar-refractivity contribution in [1.29, 1.82) is 0 Å². The summed E-state index contributed by atoms with van der Waals surface area (Å²) in [5.41, 5.74) is 1.99. The molecule has 33 heavy (non-hydrogen) atoms. The fraction of sp³-hybridized carbons (Fsp3) is 0.483. The molecule has 0 aliphatic heterocycles. The van der Waals surface area contributed by atoms with Crippen LogP contribution in [-0.4, -0.2) is 22.2 Å². The van der Waals surface area contributed by atoms with Crippen LogP contribution in [-0.2, 0) is 14.4 Å². The monoisotopic (exact) mass is 453 g/mol. The van der Waals surface area contributed by atoms with Gasteiger partial charge in [0.15, 0.2) is 0 Å². The van der Waals surface area contributed by atoms with Gasteiger partial charge in [0.1, 0.15) is 11.7 Å². The second kappa shape index (κ2) is 12.7. The van der Waals surface area contributed by atoms with Crippen molar-refractivity contribution in [2.45, 2.75) is 85.6 Å². The highest BCUT2D eigenvalue weighted by molar-refractivity contribution is 5.81. The molecule has 0 heterocycles. The first-order valence-corrected chi connectivity index (χ1v) is 11.7. The molecule has 0 aliphatic carbocycles. The van der Waals surface area contributed by atoms with Crippen LogP contribution in [0.25, 0.3) is 0 Å². The third-order valence-corrected chi connectivity index (χ3v) is 4.80.